The molecule has 1 saturated heterocycles. The van der Waals surface area contributed by atoms with Crippen molar-refractivity contribution in [1.29, 1.82) is 0 Å². The van der Waals surface area contributed by atoms with E-state index < -0.39 is 6.03 Å². The number of hydrogen-bond donors (Lipinski definition) is 2. The Bertz CT molecular complexity index is 928. The van der Waals surface area contributed by atoms with Gasteiger partial charge in [0.15, 0.2) is 0 Å². The van der Waals surface area contributed by atoms with Crippen molar-refractivity contribution in [3.63, 3.8) is 0 Å². The molecule has 1 aliphatic carbocycles. The van der Waals surface area contributed by atoms with E-state index in [-0.39, 0.29) is 30.9 Å². The average molecular weight is 381 g/mol. The monoisotopic (exact) mass is 381 g/mol. The molecule has 1 atom stereocenters. The summed E-state index contributed by atoms with van der Waals surface area (Å²) in [6.45, 7) is 3.81. The Morgan fingerprint density at radius 3 is 2.68 bits per heavy atom. The van der Waals surface area contributed by atoms with E-state index in [1.807, 2.05) is 10.9 Å². The Kier molecular flexibility index (Phi) is 4.62. The van der Waals surface area contributed by atoms with Crippen molar-refractivity contribution in [2.45, 2.75) is 39.2 Å². The second-order valence-electron chi connectivity index (χ2n) is 7.46. The first kappa shape index (κ1) is 18.2. The Hall–Kier alpha value is -3.16. The van der Waals surface area contributed by atoms with Crippen molar-refractivity contribution in [2.75, 3.05) is 13.1 Å². The molecule has 4 rings (SSSR count). The molecule has 2 heterocycles. The molecule has 1 aliphatic heterocycles. The summed E-state index contributed by atoms with van der Waals surface area (Å²) in [6, 6.07) is 5.63. The van der Waals surface area contributed by atoms with E-state index in [1.165, 1.54) is 11.1 Å². The maximum absolute atomic E-state index is 12.4. The number of amides is 4. The number of rotatable bonds is 4. The molecule has 1 fully saturated rings. The van der Waals surface area contributed by atoms with Crippen LogP contribution in [0.2, 0.25) is 0 Å². The molecule has 0 unspecified atom stereocenters. The Labute approximate surface area is 162 Å². The van der Waals surface area contributed by atoms with Gasteiger partial charge in [-0.25, -0.2) is 9.48 Å². The van der Waals surface area contributed by atoms with Crippen molar-refractivity contribution in [3.05, 3.63) is 46.8 Å². The van der Waals surface area contributed by atoms with Crippen LogP contribution in [0.1, 0.15) is 41.3 Å². The lowest BCUT2D eigenvalue weighted by Crippen LogP contribution is -2.42. The number of hydrogen-bond acceptors (Lipinski definition) is 4. The van der Waals surface area contributed by atoms with Crippen LogP contribution in [0.15, 0.2) is 24.4 Å². The zero-order valence-corrected chi connectivity index (χ0v) is 16.0. The SMILES string of the molecule is Cc1cc(C)cc(-n2ncc3c2CCC[C@@H]3NC(=O)CN2C(=O)CNC2=O)c1. The Morgan fingerprint density at radius 2 is 2.00 bits per heavy atom. The molecule has 146 valence electrons. The van der Waals surface area contributed by atoms with Crippen LogP contribution in [0.4, 0.5) is 4.79 Å². The number of nitrogens with one attached hydrogen (secondary N) is 2. The van der Waals surface area contributed by atoms with Gasteiger partial charge >= 0.3 is 6.03 Å². The fraction of sp³-hybridized carbons (Fsp3) is 0.400. The number of aromatic nitrogens is 2. The van der Waals surface area contributed by atoms with Gasteiger partial charge in [0, 0.05) is 11.3 Å². The normalized spacial score (nSPS) is 18.8. The second kappa shape index (κ2) is 7.10. The highest BCUT2D eigenvalue weighted by atomic mass is 16.2. The topological polar surface area (TPSA) is 96.3 Å². The summed E-state index contributed by atoms with van der Waals surface area (Å²) < 4.78 is 1.95. The minimum absolute atomic E-state index is 0.0532. The van der Waals surface area contributed by atoms with Crippen LogP contribution in [0, 0.1) is 13.8 Å². The lowest BCUT2D eigenvalue weighted by atomic mass is 9.92. The van der Waals surface area contributed by atoms with Crippen molar-refractivity contribution >= 4 is 17.8 Å². The first-order valence-electron chi connectivity index (χ1n) is 9.45. The van der Waals surface area contributed by atoms with Crippen molar-refractivity contribution in [1.82, 2.24) is 25.3 Å². The largest absolute Gasteiger partial charge is 0.348 e. The second-order valence-corrected chi connectivity index (χ2v) is 7.46. The van der Waals surface area contributed by atoms with Gasteiger partial charge in [0.2, 0.25) is 5.91 Å². The quantitative estimate of drug-likeness (QED) is 0.785. The highest BCUT2D eigenvalue weighted by Crippen LogP contribution is 2.31. The molecule has 2 N–H and O–H groups in total. The number of carbonyl (C=O) groups excluding carboxylic acids is 3. The number of benzene rings is 1. The van der Waals surface area contributed by atoms with Crippen LogP contribution in [0.3, 0.4) is 0 Å². The van der Waals surface area contributed by atoms with Gasteiger partial charge in [0.05, 0.1) is 24.5 Å². The molecule has 0 saturated carbocycles. The average Bonchev–Trinajstić information content (AvgIpc) is 3.20. The van der Waals surface area contributed by atoms with Gasteiger partial charge in [0.1, 0.15) is 6.54 Å². The summed E-state index contributed by atoms with van der Waals surface area (Å²) in [5.41, 5.74) is 5.46. The summed E-state index contributed by atoms with van der Waals surface area (Å²) in [5.74, 6) is -0.727. The summed E-state index contributed by atoms with van der Waals surface area (Å²) >= 11 is 0. The highest BCUT2D eigenvalue weighted by Gasteiger charge is 2.32. The number of aryl methyl sites for hydroxylation is 2. The molecule has 4 amide bonds. The highest BCUT2D eigenvalue weighted by molar-refractivity contribution is 6.04. The van der Waals surface area contributed by atoms with E-state index in [4.69, 9.17) is 0 Å². The zero-order valence-electron chi connectivity index (χ0n) is 16.0. The van der Waals surface area contributed by atoms with Gasteiger partial charge in [-0.2, -0.15) is 5.10 Å². The first-order chi connectivity index (χ1) is 13.4. The maximum atomic E-state index is 12.4. The summed E-state index contributed by atoms with van der Waals surface area (Å²) in [5, 5.41) is 9.96. The van der Waals surface area contributed by atoms with Crippen LogP contribution in [-0.2, 0) is 16.0 Å². The van der Waals surface area contributed by atoms with Crippen LogP contribution in [-0.4, -0.2) is 45.6 Å². The number of carbonyl (C=O) groups is 3. The van der Waals surface area contributed by atoms with E-state index in [9.17, 15) is 14.4 Å². The van der Waals surface area contributed by atoms with E-state index in [0.29, 0.717) is 0 Å². The molecule has 0 bridgehead atoms. The van der Waals surface area contributed by atoms with E-state index >= 15 is 0 Å². The molecule has 8 heteroatoms. The number of urea groups is 1. The molecular formula is C20H23N5O3. The predicted octanol–water partition coefficient (Wildman–Crippen LogP) is 1.53. The molecular weight excluding hydrogens is 358 g/mol. The summed E-state index contributed by atoms with van der Waals surface area (Å²) in [6.07, 6.45) is 4.43. The van der Waals surface area contributed by atoms with E-state index in [1.54, 1.807) is 0 Å². The Balaban J connectivity index is 1.53. The van der Waals surface area contributed by atoms with E-state index in [0.717, 1.165) is 41.1 Å². The molecule has 0 spiro atoms. The van der Waals surface area contributed by atoms with Gasteiger partial charge in [0.25, 0.3) is 5.91 Å². The molecule has 0 radical (unpaired) electrons. The molecule has 8 nitrogen and oxygen atoms in total. The lowest BCUT2D eigenvalue weighted by molar-refractivity contribution is -0.131. The molecule has 2 aliphatic rings. The predicted molar refractivity (Wildman–Crippen MR) is 102 cm³/mol. The third-order valence-corrected chi connectivity index (χ3v) is 5.21. The smallest absolute Gasteiger partial charge is 0.325 e. The van der Waals surface area contributed by atoms with E-state index in [2.05, 4.69) is 47.8 Å². The Morgan fingerprint density at radius 1 is 1.25 bits per heavy atom. The van der Waals surface area contributed by atoms with Crippen LogP contribution in [0.25, 0.3) is 5.69 Å². The number of fused-ring (bicyclic) bond motifs is 1. The van der Waals surface area contributed by atoms with Crippen molar-refractivity contribution < 1.29 is 14.4 Å². The van der Waals surface area contributed by atoms with Crippen molar-refractivity contribution in [3.8, 4) is 5.69 Å². The molecule has 2 aromatic rings. The minimum Gasteiger partial charge on any atom is -0.348 e. The maximum Gasteiger partial charge on any atom is 0.325 e. The van der Waals surface area contributed by atoms with Crippen LogP contribution in [0.5, 0.6) is 0 Å². The van der Waals surface area contributed by atoms with Crippen LogP contribution >= 0.6 is 0 Å². The molecule has 1 aromatic heterocycles. The fourth-order valence-corrected chi connectivity index (χ4v) is 4.00. The zero-order chi connectivity index (χ0) is 19.8. The minimum atomic E-state index is -0.521. The third-order valence-electron chi connectivity index (χ3n) is 5.21. The van der Waals surface area contributed by atoms with Gasteiger partial charge in [-0.1, -0.05) is 6.07 Å². The number of imide groups is 1. The van der Waals surface area contributed by atoms with Crippen molar-refractivity contribution in [2.24, 2.45) is 0 Å². The molecule has 1 aromatic carbocycles. The van der Waals surface area contributed by atoms with Gasteiger partial charge in [-0.05, 0) is 56.4 Å². The van der Waals surface area contributed by atoms with Gasteiger partial charge < -0.3 is 10.6 Å². The van der Waals surface area contributed by atoms with Gasteiger partial charge in [-0.3, -0.25) is 14.5 Å². The lowest BCUT2D eigenvalue weighted by Gasteiger charge is -2.25. The third kappa shape index (κ3) is 3.37. The standard InChI is InChI=1S/C20H23N5O3/c1-12-6-13(2)8-14(7-12)25-17-5-3-4-16(15(17)9-22-25)23-18(26)11-24-19(27)10-21-20(24)28/h6-9,16H,3-5,10-11H2,1-2H3,(H,21,28)(H,23,26)/t16-/m0/s1. The van der Waals surface area contributed by atoms with Gasteiger partial charge in [-0.15, -0.1) is 0 Å². The summed E-state index contributed by atoms with van der Waals surface area (Å²) in [7, 11) is 0. The first-order valence-corrected chi connectivity index (χ1v) is 9.45. The summed E-state index contributed by atoms with van der Waals surface area (Å²) in [4.78, 5) is 36.7. The van der Waals surface area contributed by atoms with Crippen LogP contribution < -0.4 is 10.6 Å². The number of nitrogens with zero attached hydrogens (tertiary/aromatic N) is 3. The fourth-order valence-electron chi connectivity index (χ4n) is 4.00. The molecule has 28 heavy (non-hydrogen) atoms.